The van der Waals surface area contributed by atoms with E-state index in [0.29, 0.717) is 5.69 Å². The van der Waals surface area contributed by atoms with Crippen LogP contribution >= 0.6 is 0 Å². The van der Waals surface area contributed by atoms with Crippen molar-refractivity contribution in [2.24, 2.45) is 0 Å². The van der Waals surface area contributed by atoms with Gasteiger partial charge in [-0.1, -0.05) is 31.0 Å². The second-order valence-corrected chi connectivity index (χ2v) is 8.10. The van der Waals surface area contributed by atoms with E-state index in [-0.39, 0.29) is 22.9 Å². The Labute approximate surface area is 196 Å². The quantitative estimate of drug-likeness (QED) is 0.514. The fraction of sp³-hybridized carbons (Fsp3) is 0.269. The van der Waals surface area contributed by atoms with Crippen LogP contribution in [0.3, 0.4) is 0 Å². The molecule has 176 valence electrons. The summed E-state index contributed by atoms with van der Waals surface area (Å²) < 4.78 is 25.1. The van der Waals surface area contributed by atoms with Crippen molar-refractivity contribution in [3.8, 4) is 0 Å². The smallest absolute Gasteiger partial charge is 0.337 e. The lowest BCUT2D eigenvalue weighted by Gasteiger charge is -2.32. The number of nitrogens with zero attached hydrogens (tertiary/aromatic N) is 1. The molecule has 1 fully saturated rings. The lowest BCUT2D eigenvalue weighted by molar-refractivity contribution is -0.123. The number of hydrogen-bond donors (Lipinski definition) is 1. The van der Waals surface area contributed by atoms with Crippen LogP contribution in [-0.2, 0) is 9.53 Å². The zero-order chi connectivity index (χ0) is 24.1. The number of amides is 2. The minimum absolute atomic E-state index is 0.00736. The first-order valence-electron chi connectivity index (χ1n) is 11.1. The number of furan rings is 1. The number of esters is 1. The largest absolute Gasteiger partial charge is 0.465 e. The van der Waals surface area contributed by atoms with E-state index in [9.17, 15) is 14.4 Å². The summed E-state index contributed by atoms with van der Waals surface area (Å²) in [7, 11) is 1.27. The Hall–Kier alpha value is -3.94. The molecule has 1 aromatic heterocycles. The van der Waals surface area contributed by atoms with Gasteiger partial charge < -0.3 is 14.5 Å². The summed E-state index contributed by atoms with van der Waals surface area (Å²) in [5.41, 5.74) is 0.619. The maximum atomic E-state index is 15.0. The molecule has 1 unspecified atom stereocenters. The summed E-state index contributed by atoms with van der Waals surface area (Å²) in [6, 6.07) is 13.6. The van der Waals surface area contributed by atoms with Crippen molar-refractivity contribution in [2.75, 3.05) is 12.0 Å². The van der Waals surface area contributed by atoms with Crippen LogP contribution in [0.25, 0.3) is 0 Å². The molecule has 1 aliphatic rings. The molecule has 2 aromatic carbocycles. The molecule has 1 saturated carbocycles. The van der Waals surface area contributed by atoms with E-state index in [4.69, 9.17) is 9.15 Å². The van der Waals surface area contributed by atoms with Gasteiger partial charge in [0.15, 0.2) is 5.76 Å². The third-order valence-corrected chi connectivity index (χ3v) is 5.93. The molecular formula is C26H25FN2O5. The fourth-order valence-electron chi connectivity index (χ4n) is 4.22. The maximum absolute atomic E-state index is 15.0. The number of methoxy groups -OCH3 is 1. The van der Waals surface area contributed by atoms with Crippen molar-refractivity contribution in [2.45, 2.75) is 37.8 Å². The third kappa shape index (κ3) is 4.85. The number of rotatable bonds is 7. The van der Waals surface area contributed by atoms with Crippen LogP contribution in [0, 0.1) is 5.82 Å². The summed E-state index contributed by atoms with van der Waals surface area (Å²) in [6.45, 7) is 0. The second kappa shape index (κ2) is 10.3. The summed E-state index contributed by atoms with van der Waals surface area (Å²) in [5.74, 6) is -2.27. The van der Waals surface area contributed by atoms with Crippen LogP contribution in [0.15, 0.2) is 71.3 Å². The lowest BCUT2D eigenvalue weighted by Crippen LogP contribution is -2.46. The van der Waals surface area contributed by atoms with Gasteiger partial charge in [-0.15, -0.1) is 0 Å². The van der Waals surface area contributed by atoms with E-state index in [1.165, 1.54) is 66.8 Å². The van der Waals surface area contributed by atoms with Crippen molar-refractivity contribution in [1.29, 1.82) is 0 Å². The van der Waals surface area contributed by atoms with E-state index >= 15 is 4.39 Å². The molecule has 1 aliphatic carbocycles. The van der Waals surface area contributed by atoms with Crippen molar-refractivity contribution >= 4 is 23.5 Å². The van der Waals surface area contributed by atoms with Gasteiger partial charge in [-0.2, -0.15) is 0 Å². The van der Waals surface area contributed by atoms with Crippen LogP contribution in [-0.4, -0.2) is 30.9 Å². The normalized spacial score (nSPS) is 14.4. The van der Waals surface area contributed by atoms with Gasteiger partial charge in [0.2, 0.25) is 5.91 Å². The first-order chi connectivity index (χ1) is 16.5. The highest BCUT2D eigenvalue weighted by atomic mass is 19.1. The summed E-state index contributed by atoms with van der Waals surface area (Å²) in [4.78, 5) is 40.3. The molecule has 1 N–H and O–H groups in total. The van der Waals surface area contributed by atoms with Gasteiger partial charge in [-0.25, -0.2) is 9.18 Å². The fourth-order valence-corrected chi connectivity index (χ4v) is 4.22. The van der Waals surface area contributed by atoms with Gasteiger partial charge in [-0.3, -0.25) is 14.5 Å². The number of benzene rings is 2. The first-order valence-corrected chi connectivity index (χ1v) is 11.1. The van der Waals surface area contributed by atoms with Crippen LogP contribution in [0.1, 0.15) is 58.2 Å². The van der Waals surface area contributed by atoms with E-state index in [2.05, 4.69) is 5.32 Å². The number of hydrogen-bond acceptors (Lipinski definition) is 5. The minimum Gasteiger partial charge on any atom is -0.465 e. The number of nitrogens with one attached hydrogen (secondary N) is 1. The number of ether oxygens (including phenoxy) is 1. The molecule has 0 saturated heterocycles. The van der Waals surface area contributed by atoms with Crippen LogP contribution < -0.4 is 10.2 Å². The highest BCUT2D eigenvalue weighted by Gasteiger charge is 2.37. The Bertz CT molecular complexity index is 1150. The molecule has 1 heterocycles. The average Bonchev–Trinajstić information content (AvgIpc) is 3.57. The molecule has 8 heteroatoms. The van der Waals surface area contributed by atoms with Crippen LogP contribution in [0.5, 0.6) is 0 Å². The summed E-state index contributed by atoms with van der Waals surface area (Å²) in [5, 5.41) is 2.99. The SMILES string of the molecule is COC(=O)c1ccc(N(C(=O)c2ccco2)C(C(=O)NC2CCCC2)c2ccccc2F)cc1. The highest BCUT2D eigenvalue weighted by molar-refractivity contribution is 6.09. The van der Waals surface area contributed by atoms with Gasteiger partial charge in [0, 0.05) is 17.3 Å². The second-order valence-electron chi connectivity index (χ2n) is 8.10. The van der Waals surface area contributed by atoms with Crippen LogP contribution in [0.4, 0.5) is 10.1 Å². The van der Waals surface area contributed by atoms with Crippen molar-refractivity contribution in [1.82, 2.24) is 5.32 Å². The molecule has 4 rings (SSSR count). The van der Waals surface area contributed by atoms with Gasteiger partial charge in [0.25, 0.3) is 5.91 Å². The van der Waals surface area contributed by atoms with Crippen molar-refractivity contribution in [3.05, 3.63) is 89.6 Å². The van der Waals surface area contributed by atoms with E-state index in [1.54, 1.807) is 12.1 Å². The molecule has 0 bridgehead atoms. The summed E-state index contributed by atoms with van der Waals surface area (Å²) in [6.07, 6.45) is 5.01. The Morgan fingerprint density at radius 2 is 1.74 bits per heavy atom. The monoisotopic (exact) mass is 464 g/mol. The molecule has 7 nitrogen and oxygen atoms in total. The number of carbonyl (C=O) groups excluding carboxylic acids is 3. The zero-order valence-electron chi connectivity index (χ0n) is 18.7. The molecule has 0 radical (unpaired) electrons. The Morgan fingerprint density at radius 3 is 2.35 bits per heavy atom. The topological polar surface area (TPSA) is 88.8 Å². The Balaban J connectivity index is 1.81. The number of halogens is 1. The molecule has 3 aromatic rings. The third-order valence-electron chi connectivity index (χ3n) is 5.93. The molecule has 2 amide bonds. The predicted molar refractivity (Wildman–Crippen MR) is 123 cm³/mol. The Kier molecular flexibility index (Phi) is 7.06. The van der Waals surface area contributed by atoms with Crippen LogP contribution in [0.2, 0.25) is 0 Å². The number of anilines is 1. The maximum Gasteiger partial charge on any atom is 0.337 e. The highest BCUT2D eigenvalue weighted by Crippen LogP contribution is 2.32. The number of carbonyl (C=O) groups is 3. The standard InChI is InChI=1S/C26H25FN2O5/c1-33-26(32)17-12-14-19(15-13-17)29(25(31)22-11-6-16-34-22)23(20-9-4-5-10-21(20)27)24(30)28-18-7-2-3-8-18/h4-6,9-16,18,23H,2-3,7-8H2,1H3,(H,28,30). The predicted octanol–water partition coefficient (Wildman–Crippen LogP) is 4.65. The van der Waals surface area contributed by atoms with Crippen molar-refractivity contribution < 1.29 is 27.9 Å². The van der Waals surface area contributed by atoms with Gasteiger partial charge in [-0.05, 0) is 55.3 Å². The zero-order valence-corrected chi connectivity index (χ0v) is 18.7. The molecular weight excluding hydrogens is 439 g/mol. The first kappa shape index (κ1) is 23.2. The van der Waals surface area contributed by atoms with Gasteiger partial charge >= 0.3 is 5.97 Å². The molecule has 0 spiro atoms. The van der Waals surface area contributed by atoms with E-state index in [0.717, 1.165) is 25.7 Å². The minimum atomic E-state index is -1.30. The lowest BCUT2D eigenvalue weighted by atomic mass is 10.0. The van der Waals surface area contributed by atoms with Crippen molar-refractivity contribution in [3.63, 3.8) is 0 Å². The summed E-state index contributed by atoms with van der Waals surface area (Å²) >= 11 is 0. The Morgan fingerprint density at radius 1 is 1.03 bits per heavy atom. The molecule has 1 atom stereocenters. The average molecular weight is 464 g/mol. The molecule has 34 heavy (non-hydrogen) atoms. The molecule has 0 aliphatic heterocycles. The van der Waals surface area contributed by atoms with E-state index < -0.39 is 29.6 Å². The van der Waals surface area contributed by atoms with E-state index in [1.807, 2.05) is 0 Å². The van der Waals surface area contributed by atoms with Gasteiger partial charge in [0.05, 0.1) is 18.9 Å². The van der Waals surface area contributed by atoms with Gasteiger partial charge in [0.1, 0.15) is 11.9 Å².